The summed E-state index contributed by atoms with van der Waals surface area (Å²) in [5.41, 5.74) is 0.188. The average molecular weight is 266 g/mol. The molecule has 1 aromatic rings. The van der Waals surface area contributed by atoms with E-state index >= 15 is 0 Å². The molecule has 0 radical (unpaired) electrons. The zero-order valence-corrected chi connectivity index (χ0v) is 10.9. The van der Waals surface area contributed by atoms with Crippen LogP contribution in [0.25, 0.3) is 0 Å². The minimum atomic E-state index is -0.980. The predicted octanol–water partition coefficient (Wildman–Crippen LogP) is 2.34. The quantitative estimate of drug-likeness (QED) is 0.856. The van der Waals surface area contributed by atoms with Crippen molar-refractivity contribution in [2.75, 3.05) is 19.8 Å². The molecule has 1 atom stereocenters. The Labute approximate surface area is 112 Å². The molecule has 1 aliphatic heterocycles. The molecule has 19 heavy (non-hydrogen) atoms. The molecule has 2 rings (SSSR count). The first-order valence-electron chi connectivity index (χ1n) is 6.45. The number of carbonyl (C=O) groups is 1. The Hall–Kier alpha value is -1.75. The first-order valence-corrected chi connectivity index (χ1v) is 6.45. The van der Waals surface area contributed by atoms with Crippen molar-refractivity contribution in [1.82, 2.24) is 0 Å². The van der Waals surface area contributed by atoms with Crippen LogP contribution in [0, 0.1) is 0 Å². The maximum atomic E-state index is 10.9. The summed E-state index contributed by atoms with van der Waals surface area (Å²) < 4.78 is 16.6. The Morgan fingerprint density at radius 1 is 1.42 bits per heavy atom. The van der Waals surface area contributed by atoms with Crippen LogP contribution in [-0.4, -0.2) is 37.0 Å². The van der Waals surface area contributed by atoms with E-state index in [1.54, 1.807) is 6.07 Å². The van der Waals surface area contributed by atoms with Crippen molar-refractivity contribution in [2.24, 2.45) is 0 Å². The number of benzene rings is 1. The second kappa shape index (κ2) is 6.43. The van der Waals surface area contributed by atoms with Gasteiger partial charge in [0.1, 0.15) is 6.61 Å². The van der Waals surface area contributed by atoms with Crippen LogP contribution in [0.5, 0.6) is 11.5 Å². The molecule has 0 bridgehead atoms. The number of carboxylic acid groups (broad SMARTS) is 1. The first kappa shape index (κ1) is 13.7. The number of rotatable bonds is 6. The molecule has 1 aromatic carbocycles. The van der Waals surface area contributed by atoms with Crippen LogP contribution in [0.3, 0.4) is 0 Å². The van der Waals surface area contributed by atoms with Gasteiger partial charge in [0.25, 0.3) is 0 Å². The molecule has 1 aliphatic rings. The maximum Gasteiger partial charge on any atom is 0.335 e. The molecule has 1 unspecified atom stereocenters. The molecule has 1 N–H and O–H groups in total. The fraction of sp³-hybridized carbons (Fsp3) is 0.500. The van der Waals surface area contributed by atoms with Crippen LogP contribution in [0.4, 0.5) is 0 Å². The third-order valence-corrected chi connectivity index (χ3v) is 2.94. The highest BCUT2D eigenvalue weighted by Crippen LogP contribution is 2.29. The molecule has 0 aliphatic carbocycles. The highest BCUT2D eigenvalue weighted by molar-refractivity contribution is 5.88. The van der Waals surface area contributed by atoms with Gasteiger partial charge in [-0.15, -0.1) is 0 Å². The fourth-order valence-corrected chi connectivity index (χ4v) is 1.99. The summed E-state index contributed by atoms with van der Waals surface area (Å²) in [6.45, 7) is 3.55. The van der Waals surface area contributed by atoms with Gasteiger partial charge in [-0.3, -0.25) is 0 Å². The summed E-state index contributed by atoms with van der Waals surface area (Å²) in [5, 5.41) is 8.95. The van der Waals surface area contributed by atoms with E-state index in [1.165, 1.54) is 12.1 Å². The highest BCUT2D eigenvalue weighted by Gasteiger charge is 2.17. The lowest BCUT2D eigenvalue weighted by molar-refractivity contribution is 0.0663. The van der Waals surface area contributed by atoms with Gasteiger partial charge in [-0.2, -0.15) is 0 Å². The standard InChI is InChI=1S/C14H18O5/c1-2-17-13-8-10(14(15)16)5-6-12(13)19-9-11-4-3-7-18-11/h5-6,8,11H,2-4,7,9H2,1H3,(H,15,16). The maximum absolute atomic E-state index is 10.9. The van der Waals surface area contributed by atoms with E-state index in [9.17, 15) is 4.79 Å². The molecular weight excluding hydrogens is 248 g/mol. The van der Waals surface area contributed by atoms with Crippen molar-refractivity contribution in [3.63, 3.8) is 0 Å². The summed E-state index contributed by atoms with van der Waals surface area (Å²) >= 11 is 0. The van der Waals surface area contributed by atoms with Crippen molar-refractivity contribution >= 4 is 5.97 Å². The van der Waals surface area contributed by atoms with Crippen molar-refractivity contribution in [3.05, 3.63) is 23.8 Å². The van der Waals surface area contributed by atoms with Crippen LogP contribution in [0.1, 0.15) is 30.1 Å². The molecule has 0 amide bonds. The van der Waals surface area contributed by atoms with Crippen LogP contribution < -0.4 is 9.47 Å². The van der Waals surface area contributed by atoms with E-state index in [4.69, 9.17) is 19.3 Å². The smallest absolute Gasteiger partial charge is 0.335 e. The van der Waals surface area contributed by atoms with Crippen molar-refractivity contribution < 1.29 is 24.1 Å². The van der Waals surface area contributed by atoms with Gasteiger partial charge >= 0.3 is 5.97 Å². The van der Waals surface area contributed by atoms with Crippen molar-refractivity contribution in [2.45, 2.75) is 25.9 Å². The summed E-state index contributed by atoms with van der Waals surface area (Å²) in [7, 11) is 0. The van der Waals surface area contributed by atoms with Crippen LogP contribution in [0.15, 0.2) is 18.2 Å². The number of hydrogen-bond donors (Lipinski definition) is 1. The van der Waals surface area contributed by atoms with Crippen molar-refractivity contribution in [1.29, 1.82) is 0 Å². The third kappa shape index (κ3) is 3.61. The van der Waals surface area contributed by atoms with Gasteiger partial charge in [-0.05, 0) is 38.0 Å². The Kier molecular flexibility index (Phi) is 4.63. The van der Waals surface area contributed by atoms with Gasteiger partial charge in [0, 0.05) is 6.61 Å². The van der Waals surface area contributed by atoms with Crippen LogP contribution >= 0.6 is 0 Å². The van der Waals surface area contributed by atoms with Crippen LogP contribution in [0.2, 0.25) is 0 Å². The molecule has 1 saturated heterocycles. The molecule has 1 heterocycles. The van der Waals surface area contributed by atoms with E-state index in [1.807, 2.05) is 6.92 Å². The SMILES string of the molecule is CCOc1cc(C(=O)O)ccc1OCC1CCCO1. The Balaban J connectivity index is 2.06. The number of aromatic carboxylic acids is 1. The number of carboxylic acids is 1. The average Bonchev–Trinajstić information content (AvgIpc) is 2.90. The minimum Gasteiger partial charge on any atom is -0.490 e. The summed E-state index contributed by atoms with van der Waals surface area (Å²) in [6, 6.07) is 4.62. The number of hydrogen-bond acceptors (Lipinski definition) is 4. The van der Waals surface area contributed by atoms with Gasteiger partial charge in [0.2, 0.25) is 0 Å². The topological polar surface area (TPSA) is 65.0 Å². The third-order valence-electron chi connectivity index (χ3n) is 2.94. The fourth-order valence-electron chi connectivity index (χ4n) is 1.99. The molecule has 0 saturated carbocycles. The zero-order valence-electron chi connectivity index (χ0n) is 10.9. The van der Waals surface area contributed by atoms with E-state index in [-0.39, 0.29) is 11.7 Å². The normalized spacial score (nSPS) is 18.3. The molecular formula is C14H18O5. The van der Waals surface area contributed by atoms with E-state index in [0.717, 1.165) is 19.4 Å². The van der Waals surface area contributed by atoms with E-state index in [2.05, 4.69) is 0 Å². The molecule has 5 heteroatoms. The predicted molar refractivity (Wildman–Crippen MR) is 69.0 cm³/mol. The summed E-state index contributed by atoms with van der Waals surface area (Å²) in [4.78, 5) is 10.9. The largest absolute Gasteiger partial charge is 0.490 e. The van der Waals surface area contributed by atoms with Crippen molar-refractivity contribution in [3.8, 4) is 11.5 Å². The Bertz CT molecular complexity index is 437. The molecule has 0 aromatic heterocycles. The van der Waals surface area contributed by atoms with Crippen LogP contribution in [-0.2, 0) is 4.74 Å². The van der Waals surface area contributed by atoms with Gasteiger partial charge < -0.3 is 19.3 Å². The van der Waals surface area contributed by atoms with Gasteiger partial charge in [0.15, 0.2) is 11.5 Å². The monoisotopic (exact) mass is 266 g/mol. The molecule has 5 nitrogen and oxygen atoms in total. The van der Waals surface area contributed by atoms with Gasteiger partial charge in [-0.25, -0.2) is 4.79 Å². The first-order chi connectivity index (χ1) is 9.20. The van der Waals surface area contributed by atoms with Gasteiger partial charge in [0.05, 0.1) is 18.3 Å². The summed E-state index contributed by atoms with van der Waals surface area (Å²) in [6.07, 6.45) is 2.18. The van der Waals surface area contributed by atoms with E-state index in [0.29, 0.717) is 24.7 Å². The van der Waals surface area contributed by atoms with E-state index < -0.39 is 5.97 Å². The Morgan fingerprint density at radius 2 is 2.26 bits per heavy atom. The molecule has 104 valence electrons. The number of ether oxygens (including phenoxy) is 3. The lowest BCUT2D eigenvalue weighted by atomic mass is 10.2. The second-order valence-corrected chi connectivity index (χ2v) is 4.35. The highest BCUT2D eigenvalue weighted by atomic mass is 16.5. The summed E-state index contributed by atoms with van der Waals surface area (Å²) in [5.74, 6) is 0.0365. The lowest BCUT2D eigenvalue weighted by Crippen LogP contribution is -2.16. The second-order valence-electron chi connectivity index (χ2n) is 4.35. The zero-order chi connectivity index (χ0) is 13.7. The Morgan fingerprint density at radius 3 is 2.89 bits per heavy atom. The van der Waals surface area contributed by atoms with Gasteiger partial charge in [-0.1, -0.05) is 0 Å². The minimum absolute atomic E-state index is 0.119. The lowest BCUT2D eigenvalue weighted by Gasteiger charge is -2.15. The molecule has 1 fully saturated rings. The molecule has 0 spiro atoms.